The number of nitrogens with zero attached hydrogens (tertiary/aromatic N) is 8. The summed E-state index contributed by atoms with van der Waals surface area (Å²) in [6.07, 6.45) is 1.50. The first-order chi connectivity index (χ1) is 15.7. The van der Waals surface area contributed by atoms with Gasteiger partial charge in [-0.3, -0.25) is 9.69 Å². The van der Waals surface area contributed by atoms with Crippen molar-refractivity contribution in [3.8, 4) is 17.1 Å². The molecule has 4 aromatic rings. The second kappa shape index (κ2) is 8.85. The number of benzene rings is 2. The minimum absolute atomic E-state index is 0.0117. The summed E-state index contributed by atoms with van der Waals surface area (Å²) in [5.74, 6) is 1.07. The monoisotopic (exact) mass is 450 g/mol. The largest absolute Gasteiger partial charge is 0.338 e. The normalized spacial score (nSPS) is 14.6. The average Bonchev–Trinajstić information content (AvgIpc) is 3.53. The molecule has 0 N–H and O–H groups in total. The molecule has 0 spiro atoms. The molecule has 0 atom stereocenters. The summed E-state index contributed by atoms with van der Waals surface area (Å²) < 4.78 is 6.93. The van der Waals surface area contributed by atoms with Gasteiger partial charge in [-0.05, 0) is 52.9 Å². The molecule has 0 radical (unpaired) electrons. The van der Waals surface area contributed by atoms with E-state index in [0.717, 1.165) is 24.3 Å². The first kappa shape index (κ1) is 20.3. The number of piperazine rings is 1. The van der Waals surface area contributed by atoms with Crippen LogP contribution in [0.1, 0.15) is 16.2 Å². The summed E-state index contributed by atoms with van der Waals surface area (Å²) in [6, 6.07) is 14.6. The third kappa shape index (κ3) is 4.36. The van der Waals surface area contributed by atoms with Crippen LogP contribution in [0, 0.1) is 0 Å². The lowest BCUT2D eigenvalue weighted by Crippen LogP contribution is -2.48. The Morgan fingerprint density at radius 3 is 2.62 bits per heavy atom. The van der Waals surface area contributed by atoms with Gasteiger partial charge in [0.05, 0.1) is 12.2 Å². The minimum atomic E-state index is -0.0117. The van der Waals surface area contributed by atoms with Crippen LogP contribution in [0.3, 0.4) is 0 Å². The Balaban J connectivity index is 1.18. The van der Waals surface area contributed by atoms with Crippen molar-refractivity contribution >= 4 is 17.5 Å². The number of halogens is 1. The summed E-state index contributed by atoms with van der Waals surface area (Å²) in [5.41, 5.74) is 2.20. The summed E-state index contributed by atoms with van der Waals surface area (Å²) in [5, 5.41) is 15.9. The topological polar surface area (TPSA) is 106 Å². The van der Waals surface area contributed by atoms with E-state index in [1.54, 1.807) is 24.3 Å². The lowest BCUT2D eigenvalue weighted by atomic mass is 10.1. The molecule has 1 saturated heterocycles. The standard InChI is InChI=1S/C21H19ClN8O2/c22-17-6-4-15(5-7-17)20-24-19(32-25-20)13-28-8-10-29(11-9-28)21(31)16-2-1-3-18(12-16)30-14-23-26-27-30/h1-7,12,14H,8-11,13H2. The molecule has 10 nitrogen and oxygen atoms in total. The summed E-state index contributed by atoms with van der Waals surface area (Å²) >= 11 is 5.93. The highest BCUT2D eigenvalue weighted by Gasteiger charge is 2.24. The molecule has 32 heavy (non-hydrogen) atoms. The lowest BCUT2D eigenvalue weighted by molar-refractivity contribution is 0.0615. The van der Waals surface area contributed by atoms with Gasteiger partial charge in [0.15, 0.2) is 0 Å². The molecule has 5 rings (SSSR count). The highest BCUT2D eigenvalue weighted by molar-refractivity contribution is 6.30. The van der Waals surface area contributed by atoms with Gasteiger partial charge in [0.1, 0.15) is 6.33 Å². The van der Waals surface area contributed by atoms with Gasteiger partial charge in [0, 0.05) is 42.3 Å². The van der Waals surface area contributed by atoms with Crippen LogP contribution in [0.15, 0.2) is 59.4 Å². The van der Waals surface area contributed by atoms with Crippen molar-refractivity contribution in [1.29, 1.82) is 0 Å². The summed E-state index contributed by atoms with van der Waals surface area (Å²) in [7, 11) is 0. The average molecular weight is 451 g/mol. The van der Waals surface area contributed by atoms with Gasteiger partial charge in [-0.2, -0.15) is 4.98 Å². The van der Waals surface area contributed by atoms with Gasteiger partial charge in [-0.25, -0.2) is 4.68 Å². The van der Waals surface area contributed by atoms with Crippen LogP contribution in [0.5, 0.6) is 0 Å². The Hall–Kier alpha value is -3.63. The van der Waals surface area contributed by atoms with Gasteiger partial charge < -0.3 is 9.42 Å². The number of hydrogen-bond acceptors (Lipinski definition) is 8. The number of rotatable bonds is 5. The van der Waals surface area contributed by atoms with E-state index in [9.17, 15) is 4.79 Å². The van der Waals surface area contributed by atoms with Crippen LogP contribution < -0.4 is 0 Å². The molecule has 1 fully saturated rings. The van der Waals surface area contributed by atoms with Crippen molar-refractivity contribution in [3.63, 3.8) is 0 Å². The third-order valence-electron chi connectivity index (χ3n) is 5.30. The van der Waals surface area contributed by atoms with Crippen LogP contribution in [-0.2, 0) is 6.54 Å². The molecule has 162 valence electrons. The molecule has 2 aromatic heterocycles. The van der Waals surface area contributed by atoms with Crippen molar-refractivity contribution in [2.24, 2.45) is 0 Å². The van der Waals surface area contributed by atoms with Gasteiger partial charge in [0.2, 0.25) is 11.7 Å². The molecule has 0 saturated carbocycles. The summed E-state index contributed by atoms with van der Waals surface area (Å²) in [4.78, 5) is 21.5. The van der Waals surface area contributed by atoms with E-state index in [0.29, 0.717) is 41.9 Å². The smallest absolute Gasteiger partial charge is 0.254 e. The zero-order chi connectivity index (χ0) is 21.9. The van der Waals surface area contributed by atoms with Crippen molar-refractivity contribution < 1.29 is 9.32 Å². The van der Waals surface area contributed by atoms with Gasteiger partial charge in [-0.1, -0.05) is 22.8 Å². The van der Waals surface area contributed by atoms with E-state index >= 15 is 0 Å². The van der Waals surface area contributed by atoms with Crippen LogP contribution >= 0.6 is 11.6 Å². The van der Waals surface area contributed by atoms with Crippen LogP contribution in [-0.4, -0.2) is 72.2 Å². The van der Waals surface area contributed by atoms with Gasteiger partial charge in [-0.15, -0.1) is 5.10 Å². The number of tetrazole rings is 1. The van der Waals surface area contributed by atoms with Crippen LogP contribution in [0.2, 0.25) is 5.02 Å². The summed E-state index contributed by atoms with van der Waals surface area (Å²) in [6.45, 7) is 3.21. The van der Waals surface area contributed by atoms with E-state index in [4.69, 9.17) is 16.1 Å². The van der Waals surface area contributed by atoms with E-state index in [2.05, 4.69) is 30.6 Å². The number of carbonyl (C=O) groups excluding carboxylic acids is 1. The fourth-order valence-corrected chi connectivity index (χ4v) is 3.71. The lowest BCUT2D eigenvalue weighted by Gasteiger charge is -2.34. The van der Waals surface area contributed by atoms with Crippen molar-refractivity contribution in [2.75, 3.05) is 26.2 Å². The van der Waals surface area contributed by atoms with E-state index in [1.165, 1.54) is 11.0 Å². The quantitative estimate of drug-likeness (QED) is 0.456. The Labute approximate surface area is 188 Å². The van der Waals surface area contributed by atoms with Crippen molar-refractivity contribution in [2.45, 2.75) is 6.54 Å². The van der Waals surface area contributed by atoms with Gasteiger partial charge in [0.25, 0.3) is 5.91 Å². The predicted octanol–water partition coefficient (Wildman–Crippen LogP) is 2.32. The molecule has 0 bridgehead atoms. The maximum atomic E-state index is 13.0. The molecule has 1 aliphatic rings. The third-order valence-corrected chi connectivity index (χ3v) is 5.55. The van der Waals surface area contributed by atoms with E-state index < -0.39 is 0 Å². The Morgan fingerprint density at radius 2 is 1.88 bits per heavy atom. The fraction of sp³-hybridized carbons (Fsp3) is 0.238. The number of amides is 1. The zero-order valence-electron chi connectivity index (χ0n) is 17.0. The first-order valence-corrected chi connectivity index (χ1v) is 10.5. The highest BCUT2D eigenvalue weighted by atomic mass is 35.5. The second-order valence-corrected chi connectivity index (χ2v) is 7.83. The van der Waals surface area contributed by atoms with Crippen molar-refractivity contribution in [1.82, 2.24) is 40.1 Å². The second-order valence-electron chi connectivity index (χ2n) is 7.39. The molecule has 11 heteroatoms. The Kier molecular flexibility index (Phi) is 5.61. The number of aromatic nitrogens is 6. The molecule has 0 unspecified atom stereocenters. The molecule has 0 aliphatic carbocycles. The number of hydrogen-bond donors (Lipinski definition) is 0. The molecular formula is C21H19ClN8O2. The van der Waals surface area contributed by atoms with E-state index in [-0.39, 0.29) is 5.91 Å². The van der Waals surface area contributed by atoms with Crippen LogP contribution in [0.25, 0.3) is 17.1 Å². The minimum Gasteiger partial charge on any atom is -0.338 e. The molecule has 1 amide bonds. The first-order valence-electron chi connectivity index (χ1n) is 10.1. The Bertz CT molecular complexity index is 1200. The van der Waals surface area contributed by atoms with Crippen LogP contribution in [0.4, 0.5) is 0 Å². The molecular weight excluding hydrogens is 432 g/mol. The van der Waals surface area contributed by atoms with Crippen molar-refractivity contribution in [3.05, 3.63) is 71.3 Å². The molecule has 1 aliphatic heterocycles. The maximum Gasteiger partial charge on any atom is 0.254 e. The highest BCUT2D eigenvalue weighted by Crippen LogP contribution is 2.20. The molecule has 3 heterocycles. The fourth-order valence-electron chi connectivity index (χ4n) is 3.58. The maximum absolute atomic E-state index is 13.0. The Morgan fingerprint density at radius 1 is 1.06 bits per heavy atom. The predicted molar refractivity (Wildman–Crippen MR) is 115 cm³/mol. The number of carbonyl (C=O) groups is 1. The van der Waals surface area contributed by atoms with Gasteiger partial charge >= 0.3 is 0 Å². The molecule has 2 aromatic carbocycles. The zero-order valence-corrected chi connectivity index (χ0v) is 17.8. The SMILES string of the molecule is O=C(c1cccc(-n2cnnn2)c1)N1CCN(Cc2nc(-c3ccc(Cl)cc3)no2)CC1. The van der Waals surface area contributed by atoms with E-state index in [1.807, 2.05) is 29.2 Å².